The van der Waals surface area contributed by atoms with Gasteiger partial charge in [0, 0.05) is 51.2 Å². The van der Waals surface area contributed by atoms with Crippen LogP contribution in [0.15, 0.2) is 42.5 Å². The summed E-state index contributed by atoms with van der Waals surface area (Å²) in [7, 11) is 1.68. The number of carbonyl (C=O) groups excluding carboxylic acids is 1. The van der Waals surface area contributed by atoms with Gasteiger partial charge in [0.2, 0.25) is 0 Å². The maximum atomic E-state index is 13.6. The number of nitrogens with zero attached hydrogens (tertiary/aromatic N) is 1. The van der Waals surface area contributed by atoms with Crippen LogP contribution in [0.4, 0.5) is 5.69 Å². The van der Waals surface area contributed by atoms with Crippen LogP contribution < -0.4 is 10.1 Å². The van der Waals surface area contributed by atoms with Gasteiger partial charge in [-0.15, -0.1) is 0 Å². The third kappa shape index (κ3) is 6.31. The molecule has 1 aliphatic carbocycles. The summed E-state index contributed by atoms with van der Waals surface area (Å²) in [4.78, 5) is 13.6. The molecule has 0 bridgehead atoms. The van der Waals surface area contributed by atoms with E-state index in [9.17, 15) is 4.79 Å². The van der Waals surface area contributed by atoms with Crippen molar-refractivity contribution in [1.82, 2.24) is 0 Å². The summed E-state index contributed by atoms with van der Waals surface area (Å²) in [6.07, 6.45) is 8.37. The molecule has 183 valence electrons. The Labute approximate surface area is 232 Å². The van der Waals surface area contributed by atoms with E-state index in [1.165, 1.54) is 37.7 Å². The van der Waals surface area contributed by atoms with Crippen LogP contribution in [0, 0.1) is 20.8 Å². The number of ether oxygens (including phenoxy) is 1. The number of rotatable bonds is 5. The first-order valence-electron chi connectivity index (χ1n) is 12.7. The molecule has 5 heteroatoms. The van der Waals surface area contributed by atoms with Crippen LogP contribution in [-0.4, -0.2) is 42.7 Å². The number of likely N-dealkylation sites (tertiary alicyclic amines) is 1. The van der Waals surface area contributed by atoms with Crippen molar-refractivity contribution in [3.05, 3.63) is 59.2 Å². The van der Waals surface area contributed by atoms with Crippen LogP contribution in [0.5, 0.6) is 5.75 Å². The van der Waals surface area contributed by atoms with Gasteiger partial charge >= 0.3 is 0 Å². The maximum Gasteiger partial charge on any atom is 0.285 e. The number of anilines is 1. The first-order valence-corrected chi connectivity index (χ1v) is 12.7. The first-order chi connectivity index (χ1) is 15.9. The molecule has 1 aliphatic heterocycles. The molecular weight excluding hydrogens is 497 g/mol. The standard InChI is InChI=1S/C22H34N2O2.C7H8.Y/c1-5-24(13-8-6-7-9-14-24)22(11-10-12-22)21(25)23-20-17(2)15-19(26-4)16-18(20)3;1-7-5-3-2-4-6-7;/h15-16H,5-14H2,1-4H3;2-6H,1H3;/p+1. The van der Waals surface area contributed by atoms with Gasteiger partial charge in [-0.05, 0) is 83.1 Å². The molecule has 1 amide bonds. The minimum atomic E-state index is -0.224. The van der Waals surface area contributed by atoms with Crippen LogP contribution in [0.2, 0.25) is 0 Å². The predicted octanol–water partition coefficient (Wildman–Crippen LogP) is 6.58. The summed E-state index contributed by atoms with van der Waals surface area (Å²) in [5.41, 5.74) is 4.21. The number of benzene rings is 2. The SMILES string of the molecule is CC[N+]1(C2(C(=O)Nc3c(C)cc(OC)cc3C)CCC2)CCCCCC1.Cc1ccccc1.[Y]. The molecule has 0 unspecified atom stereocenters. The second-order valence-corrected chi connectivity index (χ2v) is 9.95. The molecular formula is C29H43N2O2Y+. The molecule has 1 heterocycles. The Bertz CT molecular complexity index is 894. The Kier molecular flexibility index (Phi) is 11.2. The quantitative estimate of drug-likeness (QED) is 0.436. The maximum absolute atomic E-state index is 13.6. The summed E-state index contributed by atoms with van der Waals surface area (Å²) >= 11 is 0. The minimum absolute atomic E-state index is 0. The number of hydrogen-bond donors (Lipinski definition) is 1. The van der Waals surface area contributed by atoms with Crippen molar-refractivity contribution in [1.29, 1.82) is 0 Å². The van der Waals surface area contributed by atoms with Crippen LogP contribution >= 0.6 is 0 Å². The Morgan fingerprint density at radius 3 is 1.88 bits per heavy atom. The fraction of sp³-hybridized carbons (Fsp3) is 0.552. The Balaban J connectivity index is 0.000000439. The average Bonchev–Trinajstić information content (AvgIpc) is 3.03. The van der Waals surface area contributed by atoms with Crippen LogP contribution in [-0.2, 0) is 37.5 Å². The molecule has 1 saturated heterocycles. The Hall–Kier alpha value is -1.23. The predicted molar refractivity (Wildman–Crippen MR) is 138 cm³/mol. The molecule has 1 radical (unpaired) electrons. The molecule has 4 rings (SSSR count). The molecule has 0 aromatic heterocycles. The van der Waals surface area contributed by atoms with Crippen molar-refractivity contribution in [3.8, 4) is 5.75 Å². The summed E-state index contributed by atoms with van der Waals surface area (Å²) in [6, 6.07) is 14.3. The van der Waals surface area contributed by atoms with Gasteiger partial charge in [0.25, 0.3) is 5.91 Å². The van der Waals surface area contributed by atoms with E-state index < -0.39 is 0 Å². The zero-order valence-electron chi connectivity index (χ0n) is 22.0. The molecule has 2 aromatic carbocycles. The zero-order chi connectivity index (χ0) is 23.9. The number of quaternary nitrogens is 1. The fourth-order valence-corrected chi connectivity index (χ4v) is 5.77. The molecule has 34 heavy (non-hydrogen) atoms. The van der Waals surface area contributed by atoms with Crippen molar-refractivity contribution in [2.75, 3.05) is 32.1 Å². The van der Waals surface area contributed by atoms with Gasteiger partial charge in [0.1, 0.15) is 5.75 Å². The first kappa shape index (κ1) is 29.0. The summed E-state index contributed by atoms with van der Waals surface area (Å²) in [5, 5.41) is 3.34. The van der Waals surface area contributed by atoms with E-state index in [1.807, 2.05) is 30.3 Å². The van der Waals surface area contributed by atoms with Crippen LogP contribution in [0.1, 0.15) is 68.6 Å². The van der Waals surface area contributed by atoms with Gasteiger partial charge in [0.15, 0.2) is 5.54 Å². The Morgan fingerprint density at radius 1 is 0.941 bits per heavy atom. The van der Waals surface area contributed by atoms with Gasteiger partial charge in [-0.1, -0.05) is 35.9 Å². The number of methoxy groups -OCH3 is 1. The van der Waals surface area contributed by atoms with Gasteiger partial charge in [-0.2, -0.15) is 0 Å². The third-order valence-electron chi connectivity index (χ3n) is 7.96. The van der Waals surface area contributed by atoms with E-state index in [0.717, 1.165) is 59.5 Å². The van der Waals surface area contributed by atoms with Crippen molar-refractivity contribution in [2.24, 2.45) is 0 Å². The van der Waals surface area contributed by atoms with Crippen molar-refractivity contribution >= 4 is 11.6 Å². The van der Waals surface area contributed by atoms with Gasteiger partial charge in [-0.25, -0.2) is 0 Å². The Morgan fingerprint density at radius 2 is 1.50 bits per heavy atom. The topological polar surface area (TPSA) is 38.3 Å². The number of hydrogen-bond acceptors (Lipinski definition) is 2. The van der Waals surface area contributed by atoms with Crippen molar-refractivity contribution in [3.63, 3.8) is 0 Å². The molecule has 4 nitrogen and oxygen atoms in total. The zero-order valence-corrected chi connectivity index (χ0v) is 24.8. The van der Waals surface area contributed by atoms with Crippen LogP contribution in [0.3, 0.4) is 0 Å². The second kappa shape index (κ2) is 13.2. The van der Waals surface area contributed by atoms with E-state index in [4.69, 9.17) is 4.74 Å². The van der Waals surface area contributed by atoms with E-state index >= 15 is 0 Å². The molecule has 2 fully saturated rings. The van der Waals surface area contributed by atoms with Crippen molar-refractivity contribution in [2.45, 2.75) is 78.2 Å². The number of nitrogens with one attached hydrogen (secondary N) is 1. The number of carbonyl (C=O) groups is 1. The van der Waals surface area contributed by atoms with E-state index in [-0.39, 0.29) is 44.2 Å². The van der Waals surface area contributed by atoms with Crippen molar-refractivity contribution < 1.29 is 46.7 Å². The normalized spacial score (nSPS) is 18.1. The third-order valence-corrected chi connectivity index (χ3v) is 7.96. The number of aryl methyl sites for hydroxylation is 3. The van der Waals surface area contributed by atoms with E-state index in [0.29, 0.717) is 0 Å². The average molecular weight is 541 g/mol. The molecule has 2 aromatic rings. The molecule has 0 atom stereocenters. The van der Waals surface area contributed by atoms with Gasteiger partial charge in [0.05, 0.1) is 26.7 Å². The molecule has 0 spiro atoms. The van der Waals surface area contributed by atoms with E-state index in [1.54, 1.807) is 7.11 Å². The smallest absolute Gasteiger partial charge is 0.285 e. The van der Waals surface area contributed by atoms with E-state index in [2.05, 4.69) is 45.1 Å². The van der Waals surface area contributed by atoms with Gasteiger partial charge < -0.3 is 14.5 Å². The second-order valence-electron chi connectivity index (χ2n) is 9.95. The summed E-state index contributed by atoms with van der Waals surface area (Å²) in [6.45, 7) is 11.8. The molecule has 2 aliphatic rings. The van der Waals surface area contributed by atoms with Gasteiger partial charge in [-0.3, -0.25) is 4.79 Å². The van der Waals surface area contributed by atoms with Crippen LogP contribution in [0.25, 0.3) is 0 Å². The fourth-order valence-electron chi connectivity index (χ4n) is 5.77. The monoisotopic (exact) mass is 540 g/mol. The summed E-state index contributed by atoms with van der Waals surface area (Å²) in [5.74, 6) is 1.09. The number of likely N-dealkylation sites (N-methyl/N-ethyl adjacent to an activating group) is 1. The largest absolute Gasteiger partial charge is 0.497 e. The molecule has 1 saturated carbocycles. The minimum Gasteiger partial charge on any atom is -0.497 e. The molecule has 1 N–H and O–H groups in total. The number of amides is 1. The summed E-state index contributed by atoms with van der Waals surface area (Å²) < 4.78 is 6.36.